The minimum absolute atomic E-state index is 0.00332. The van der Waals surface area contributed by atoms with Gasteiger partial charge in [0, 0.05) is 54.7 Å². The molecule has 1 aliphatic heterocycles. The molecule has 0 radical (unpaired) electrons. The number of benzene rings is 1. The lowest BCUT2D eigenvalue weighted by Gasteiger charge is -2.33. The highest BCUT2D eigenvalue weighted by molar-refractivity contribution is 5.94. The van der Waals surface area contributed by atoms with Crippen LogP contribution in [0.4, 0.5) is 6.01 Å². The molecule has 0 unspecified atom stereocenters. The highest BCUT2D eigenvalue weighted by Crippen LogP contribution is 2.23. The van der Waals surface area contributed by atoms with E-state index >= 15 is 0 Å². The van der Waals surface area contributed by atoms with Gasteiger partial charge in [-0.25, -0.2) is 9.97 Å². The Bertz CT molecular complexity index is 1290. The van der Waals surface area contributed by atoms with Gasteiger partial charge in [-0.05, 0) is 43.3 Å². The van der Waals surface area contributed by atoms with Gasteiger partial charge in [-0.2, -0.15) is 4.98 Å². The number of anilines is 1. The Morgan fingerprint density at radius 2 is 1.70 bits per heavy atom. The first kappa shape index (κ1) is 21.2. The zero-order chi connectivity index (χ0) is 23.2. The second-order valence-corrected chi connectivity index (χ2v) is 9.51. The number of pyridine rings is 1. The van der Waals surface area contributed by atoms with Crippen molar-refractivity contribution in [2.45, 2.75) is 33.1 Å². The van der Waals surface area contributed by atoms with Crippen molar-refractivity contribution in [2.75, 3.05) is 31.1 Å². The summed E-state index contributed by atoms with van der Waals surface area (Å²) in [7, 11) is 0. The zero-order valence-corrected chi connectivity index (χ0v) is 19.4. The number of hydrogen-bond donors (Lipinski definition) is 0. The molecule has 8 nitrogen and oxygen atoms in total. The van der Waals surface area contributed by atoms with Crippen LogP contribution in [0.5, 0.6) is 0 Å². The molecule has 1 saturated heterocycles. The Morgan fingerprint density at radius 1 is 0.970 bits per heavy atom. The topological polar surface area (TPSA) is 80.3 Å². The van der Waals surface area contributed by atoms with Gasteiger partial charge in [0.05, 0.1) is 12.0 Å². The number of aryl methyl sites for hydroxylation is 1. The van der Waals surface area contributed by atoms with Gasteiger partial charge in [0.2, 0.25) is 5.65 Å². The van der Waals surface area contributed by atoms with Crippen LogP contribution < -0.4 is 4.90 Å². The summed E-state index contributed by atoms with van der Waals surface area (Å²) in [4.78, 5) is 30.4. The Kier molecular flexibility index (Phi) is 5.15. The van der Waals surface area contributed by atoms with Crippen molar-refractivity contribution >= 4 is 23.2 Å². The van der Waals surface area contributed by atoms with Crippen LogP contribution in [0.1, 0.15) is 42.5 Å². The van der Waals surface area contributed by atoms with Crippen molar-refractivity contribution < 1.29 is 9.21 Å². The van der Waals surface area contributed by atoms with E-state index in [1.54, 1.807) is 0 Å². The van der Waals surface area contributed by atoms with Crippen molar-refractivity contribution in [3.05, 3.63) is 65.9 Å². The molecule has 1 fully saturated rings. The number of carbonyl (C=O) groups is 1. The number of oxazole rings is 1. The lowest BCUT2D eigenvalue weighted by molar-refractivity contribution is 0.0745. The van der Waals surface area contributed by atoms with Crippen molar-refractivity contribution in [1.29, 1.82) is 0 Å². The fourth-order valence-electron chi connectivity index (χ4n) is 3.95. The molecule has 5 rings (SSSR count). The SMILES string of the molecule is Cc1ccc2oc(N3CCN(C(=O)c4ccc(-n5cnc(C(C)(C)C)c5)cc4)CC3)nc2n1. The predicted molar refractivity (Wildman–Crippen MR) is 127 cm³/mol. The summed E-state index contributed by atoms with van der Waals surface area (Å²) in [6.45, 7) is 10.9. The maximum atomic E-state index is 13.0. The van der Waals surface area contributed by atoms with Crippen molar-refractivity contribution in [3.63, 3.8) is 0 Å². The van der Waals surface area contributed by atoms with Gasteiger partial charge >= 0.3 is 0 Å². The van der Waals surface area contributed by atoms with Gasteiger partial charge in [0.1, 0.15) is 0 Å². The van der Waals surface area contributed by atoms with E-state index in [4.69, 9.17) is 4.42 Å². The molecular formula is C25H28N6O2. The minimum atomic E-state index is -0.00332. The molecule has 4 aromatic rings. The lowest BCUT2D eigenvalue weighted by atomic mass is 9.93. The molecule has 0 atom stereocenters. The Labute approximate surface area is 192 Å². The molecule has 3 aromatic heterocycles. The molecule has 0 aliphatic carbocycles. The first-order valence-electron chi connectivity index (χ1n) is 11.2. The number of imidazole rings is 1. The fourth-order valence-corrected chi connectivity index (χ4v) is 3.95. The minimum Gasteiger partial charge on any atom is -0.422 e. The largest absolute Gasteiger partial charge is 0.422 e. The van der Waals surface area contributed by atoms with Gasteiger partial charge in [0.25, 0.3) is 11.9 Å². The normalized spacial score (nSPS) is 14.8. The van der Waals surface area contributed by atoms with E-state index in [9.17, 15) is 4.79 Å². The second-order valence-electron chi connectivity index (χ2n) is 9.51. The molecule has 170 valence electrons. The summed E-state index contributed by atoms with van der Waals surface area (Å²) in [6.07, 6.45) is 3.86. The van der Waals surface area contributed by atoms with E-state index in [1.165, 1.54) is 0 Å². The van der Waals surface area contributed by atoms with E-state index in [0.717, 1.165) is 17.1 Å². The highest BCUT2D eigenvalue weighted by atomic mass is 16.4. The van der Waals surface area contributed by atoms with Crippen molar-refractivity contribution in [2.24, 2.45) is 0 Å². The molecule has 8 heteroatoms. The van der Waals surface area contributed by atoms with E-state index < -0.39 is 0 Å². The summed E-state index contributed by atoms with van der Waals surface area (Å²) in [5, 5.41) is 0. The van der Waals surface area contributed by atoms with Crippen LogP contribution in [-0.2, 0) is 5.41 Å². The molecule has 4 heterocycles. The van der Waals surface area contributed by atoms with Gasteiger partial charge in [-0.3, -0.25) is 4.79 Å². The van der Waals surface area contributed by atoms with Crippen LogP contribution in [0.3, 0.4) is 0 Å². The van der Waals surface area contributed by atoms with E-state index in [1.807, 2.05) is 65.3 Å². The van der Waals surface area contributed by atoms with Crippen LogP contribution in [0.25, 0.3) is 16.9 Å². The maximum Gasteiger partial charge on any atom is 0.300 e. The highest BCUT2D eigenvalue weighted by Gasteiger charge is 2.25. The van der Waals surface area contributed by atoms with Crippen LogP contribution >= 0.6 is 0 Å². The van der Waals surface area contributed by atoms with Gasteiger partial charge in [-0.1, -0.05) is 20.8 Å². The molecular weight excluding hydrogens is 416 g/mol. The van der Waals surface area contributed by atoms with Gasteiger partial charge in [0.15, 0.2) is 5.58 Å². The smallest absolute Gasteiger partial charge is 0.300 e. The third-order valence-electron chi connectivity index (χ3n) is 5.98. The third-order valence-corrected chi connectivity index (χ3v) is 5.98. The predicted octanol–water partition coefficient (Wildman–Crippen LogP) is 3.98. The molecule has 0 spiro atoms. The standard InChI is InChI=1S/C25H28N6O2/c1-17-5-10-20-22(27-17)28-24(33-20)30-13-11-29(12-14-30)23(32)18-6-8-19(9-7-18)31-15-21(26-16-31)25(2,3)4/h5-10,15-16H,11-14H2,1-4H3. The second kappa shape index (κ2) is 8.03. The number of amides is 1. The first-order chi connectivity index (χ1) is 15.8. The third kappa shape index (κ3) is 4.20. The quantitative estimate of drug-likeness (QED) is 0.476. The molecule has 33 heavy (non-hydrogen) atoms. The zero-order valence-electron chi connectivity index (χ0n) is 19.4. The maximum absolute atomic E-state index is 13.0. The van der Waals surface area contributed by atoms with Gasteiger partial charge < -0.3 is 18.8 Å². The molecule has 0 N–H and O–H groups in total. The van der Waals surface area contributed by atoms with Crippen LogP contribution in [0.15, 0.2) is 53.3 Å². The van der Waals surface area contributed by atoms with E-state index in [0.29, 0.717) is 49.0 Å². The molecule has 0 saturated carbocycles. The lowest BCUT2D eigenvalue weighted by Crippen LogP contribution is -2.48. The number of carbonyl (C=O) groups excluding carboxylic acids is 1. The van der Waals surface area contributed by atoms with Crippen molar-refractivity contribution in [3.8, 4) is 5.69 Å². The molecule has 1 aromatic carbocycles. The van der Waals surface area contributed by atoms with E-state index in [2.05, 4.69) is 40.6 Å². The monoisotopic (exact) mass is 444 g/mol. The average molecular weight is 445 g/mol. The fraction of sp³-hybridized carbons (Fsp3) is 0.360. The first-order valence-corrected chi connectivity index (χ1v) is 11.2. The number of piperazine rings is 1. The number of hydrogen-bond acceptors (Lipinski definition) is 6. The van der Waals surface area contributed by atoms with Crippen LogP contribution in [0, 0.1) is 6.92 Å². The number of aromatic nitrogens is 4. The summed E-state index contributed by atoms with van der Waals surface area (Å²) in [6, 6.07) is 12.1. The summed E-state index contributed by atoms with van der Waals surface area (Å²) in [5.74, 6) is 0.0390. The molecule has 0 bridgehead atoms. The van der Waals surface area contributed by atoms with Crippen LogP contribution in [0.2, 0.25) is 0 Å². The Hall–Kier alpha value is -3.68. The summed E-state index contributed by atoms with van der Waals surface area (Å²) >= 11 is 0. The molecule has 1 amide bonds. The average Bonchev–Trinajstić information content (AvgIpc) is 3.46. The Morgan fingerprint density at radius 3 is 2.36 bits per heavy atom. The number of nitrogens with zero attached hydrogens (tertiary/aromatic N) is 6. The number of rotatable bonds is 3. The number of fused-ring (bicyclic) bond motifs is 1. The summed E-state index contributed by atoms with van der Waals surface area (Å²) < 4.78 is 7.85. The van der Waals surface area contributed by atoms with E-state index in [-0.39, 0.29) is 11.3 Å². The summed E-state index contributed by atoms with van der Waals surface area (Å²) in [5.41, 5.74) is 4.91. The van der Waals surface area contributed by atoms with Crippen LogP contribution in [-0.4, -0.2) is 56.5 Å². The molecule has 1 aliphatic rings. The Balaban J connectivity index is 1.23. The van der Waals surface area contributed by atoms with Crippen molar-refractivity contribution in [1.82, 2.24) is 24.4 Å². The van der Waals surface area contributed by atoms with Gasteiger partial charge in [-0.15, -0.1) is 0 Å².